The van der Waals surface area contributed by atoms with E-state index in [9.17, 15) is 0 Å². The molecule has 0 saturated carbocycles. The first kappa shape index (κ1) is 31.6. The number of nitrogens with zero attached hydrogens (tertiary/aromatic N) is 2. The Kier molecular flexibility index (Phi) is 7.39. The summed E-state index contributed by atoms with van der Waals surface area (Å²) in [6, 6.07) is 75.3. The van der Waals surface area contributed by atoms with Crippen LogP contribution in [0.15, 0.2) is 206 Å². The molecule has 2 heterocycles. The van der Waals surface area contributed by atoms with Gasteiger partial charge in [-0.2, -0.15) is 0 Å². The van der Waals surface area contributed by atoms with Gasteiger partial charge in [-0.05, 0) is 82.6 Å². The number of thiophene rings is 1. The highest BCUT2D eigenvalue weighted by molar-refractivity contribution is 7.25. The average molecular weight is 719 g/mol. The molecule has 2 nitrogen and oxygen atoms in total. The van der Waals surface area contributed by atoms with Gasteiger partial charge in [-0.3, -0.25) is 0 Å². The molecule has 0 fully saturated rings. The number of aromatic nitrogens is 1. The lowest BCUT2D eigenvalue weighted by Gasteiger charge is -2.29. The molecular formula is C52H34N2S. The minimum Gasteiger partial charge on any atom is -0.309 e. The third-order valence-corrected chi connectivity index (χ3v) is 12.1. The molecule has 0 saturated heterocycles. The van der Waals surface area contributed by atoms with E-state index in [0.29, 0.717) is 0 Å². The van der Waals surface area contributed by atoms with E-state index >= 15 is 0 Å². The summed E-state index contributed by atoms with van der Waals surface area (Å²) in [6.45, 7) is 0. The van der Waals surface area contributed by atoms with E-state index in [1.807, 2.05) is 11.3 Å². The molecule has 0 spiro atoms. The summed E-state index contributed by atoms with van der Waals surface area (Å²) < 4.78 is 5.07. The van der Waals surface area contributed by atoms with Crippen LogP contribution in [-0.4, -0.2) is 4.57 Å². The zero-order valence-corrected chi connectivity index (χ0v) is 30.7. The van der Waals surface area contributed by atoms with Crippen LogP contribution < -0.4 is 4.90 Å². The van der Waals surface area contributed by atoms with Crippen molar-refractivity contribution in [2.75, 3.05) is 4.90 Å². The number of fused-ring (bicyclic) bond motifs is 7. The molecule has 0 aliphatic rings. The molecule has 0 N–H and O–H groups in total. The van der Waals surface area contributed by atoms with Gasteiger partial charge in [-0.25, -0.2) is 0 Å². The monoisotopic (exact) mass is 718 g/mol. The third kappa shape index (κ3) is 5.16. The highest BCUT2D eigenvalue weighted by Gasteiger charge is 2.24. The first-order valence-corrected chi connectivity index (χ1v) is 19.6. The highest BCUT2D eigenvalue weighted by Crippen LogP contribution is 2.48. The molecule has 0 unspecified atom stereocenters. The Hall–Kier alpha value is -6.94. The summed E-state index contributed by atoms with van der Waals surface area (Å²) >= 11 is 1.86. The van der Waals surface area contributed by atoms with Crippen molar-refractivity contribution in [1.29, 1.82) is 0 Å². The molecule has 0 bridgehead atoms. The predicted octanol–water partition coefficient (Wildman–Crippen LogP) is 15.1. The molecule has 0 aliphatic carbocycles. The maximum atomic E-state index is 2.49. The van der Waals surface area contributed by atoms with Crippen LogP contribution >= 0.6 is 11.3 Å². The number of hydrogen-bond donors (Lipinski definition) is 0. The maximum Gasteiger partial charge on any atom is 0.0562 e. The second kappa shape index (κ2) is 12.9. The predicted molar refractivity (Wildman–Crippen MR) is 237 cm³/mol. The average Bonchev–Trinajstić information content (AvgIpc) is 3.80. The van der Waals surface area contributed by atoms with Crippen LogP contribution in [-0.2, 0) is 0 Å². The van der Waals surface area contributed by atoms with Crippen LogP contribution in [0, 0.1) is 0 Å². The summed E-state index contributed by atoms with van der Waals surface area (Å²) in [7, 11) is 0. The molecule has 0 radical (unpaired) electrons. The van der Waals surface area contributed by atoms with Gasteiger partial charge >= 0.3 is 0 Å². The second-order valence-corrected chi connectivity index (χ2v) is 15.2. The topological polar surface area (TPSA) is 8.17 Å². The first-order chi connectivity index (χ1) is 27.3. The van der Waals surface area contributed by atoms with Gasteiger partial charge in [-0.15, -0.1) is 11.3 Å². The lowest BCUT2D eigenvalue weighted by atomic mass is 9.99. The Labute approximate surface area is 323 Å². The molecule has 0 atom stereocenters. The van der Waals surface area contributed by atoms with Crippen LogP contribution in [0.2, 0.25) is 0 Å². The quantitative estimate of drug-likeness (QED) is 0.166. The number of hydrogen-bond acceptors (Lipinski definition) is 2. The third-order valence-electron chi connectivity index (χ3n) is 11.0. The van der Waals surface area contributed by atoms with Gasteiger partial charge in [0, 0.05) is 47.8 Å². The molecule has 0 amide bonds. The van der Waals surface area contributed by atoms with Crippen molar-refractivity contribution in [3.05, 3.63) is 206 Å². The highest BCUT2D eigenvalue weighted by atomic mass is 32.1. The van der Waals surface area contributed by atoms with Crippen molar-refractivity contribution < 1.29 is 0 Å². The lowest BCUT2D eigenvalue weighted by Crippen LogP contribution is -2.11. The van der Waals surface area contributed by atoms with Gasteiger partial charge in [-0.1, -0.05) is 146 Å². The van der Waals surface area contributed by atoms with E-state index in [2.05, 4.69) is 216 Å². The molecule has 55 heavy (non-hydrogen) atoms. The fraction of sp³-hybridized carbons (Fsp3) is 0. The minimum absolute atomic E-state index is 1.13. The molecule has 11 rings (SSSR count). The normalized spacial score (nSPS) is 11.6. The van der Waals surface area contributed by atoms with Crippen molar-refractivity contribution in [3.8, 4) is 27.9 Å². The van der Waals surface area contributed by atoms with Crippen molar-refractivity contribution in [2.45, 2.75) is 0 Å². The Morgan fingerprint density at radius 1 is 0.382 bits per heavy atom. The lowest BCUT2D eigenvalue weighted by molar-refractivity contribution is 1.18. The molecular weight excluding hydrogens is 685 g/mol. The van der Waals surface area contributed by atoms with Crippen molar-refractivity contribution in [2.24, 2.45) is 0 Å². The van der Waals surface area contributed by atoms with Crippen LogP contribution in [0.4, 0.5) is 17.1 Å². The smallest absolute Gasteiger partial charge is 0.0562 e. The van der Waals surface area contributed by atoms with Gasteiger partial charge in [0.25, 0.3) is 0 Å². The zero-order chi connectivity index (χ0) is 36.3. The van der Waals surface area contributed by atoms with E-state index in [1.165, 1.54) is 69.5 Å². The number of rotatable bonds is 6. The van der Waals surface area contributed by atoms with E-state index in [-0.39, 0.29) is 0 Å². The molecule has 258 valence electrons. The van der Waals surface area contributed by atoms with Gasteiger partial charge in [0.2, 0.25) is 0 Å². The summed E-state index contributed by atoms with van der Waals surface area (Å²) in [5.74, 6) is 0. The Balaban J connectivity index is 1.21. The van der Waals surface area contributed by atoms with Crippen LogP contribution in [0.5, 0.6) is 0 Å². The van der Waals surface area contributed by atoms with Crippen LogP contribution in [0.1, 0.15) is 0 Å². The molecule has 9 aromatic carbocycles. The SMILES string of the molecule is c1ccc(-c2ccccc2N(c2ccc3sc4ccccc4c3c2)c2cccc3c2c2ccccc2n3-c2ccccc2-c2ccc3ccccc3c2)cc1. The number of anilines is 3. The minimum atomic E-state index is 1.13. The Morgan fingerprint density at radius 2 is 1.05 bits per heavy atom. The summed E-state index contributed by atoms with van der Waals surface area (Å²) in [6.07, 6.45) is 0. The standard InChI is InChI=1S/C52H34N2S/c1-2-16-36(17-3-1)40-19-6-10-23-45(40)53(39-31-32-51-44(34-39)42-21-9-13-28-50(42)55-51)48-26-14-27-49-52(48)43-22-8-12-25-47(43)54(49)46-24-11-7-20-41(46)38-30-29-35-15-4-5-18-37(35)33-38/h1-34H. The van der Waals surface area contributed by atoms with E-state index in [4.69, 9.17) is 0 Å². The fourth-order valence-corrected chi connectivity index (χ4v) is 9.59. The zero-order valence-electron chi connectivity index (χ0n) is 29.9. The largest absolute Gasteiger partial charge is 0.309 e. The summed E-state index contributed by atoms with van der Waals surface area (Å²) in [5, 5.41) is 7.48. The second-order valence-electron chi connectivity index (χ2n) is 14.1. The van der Waals surface area contributed by atoms with Crippen LogP contribution in [0.3, 0.4) is 0 Å². The number of benzene rings is 9. The van der Waals surface area contributed by atoms with Gasteiger partial charge in [0.05, 0.1) is 28.1 Å². The fourth-order valence-electron chi connectivity index (χ4n) is 8.51. The maximum absolute atomic E-state index is 2.49. The van der Waals surface area contributed by atoms with Gasteiger partial charge in [0.1, 0.15) is 0 Å². The van der Waals surface area contributed by atoms with Crippen molar-refractivity contribution >= 4 is 81.1 Å². The van der Waals surface area contributed by atoms with Crippen molar-refractivity contribution in [1.82, 2.24) is 4.57 Å². The van der Waals surface area contributed by atoms with Crippen molar-refractivity contribution in [3.63, 3.8) is 0 Å². The number of para-hydroxylation sites is 3. The van der Waals surface area contributed by atoms with Crippen LogP contribution in [0.25, 0.3) is 80.7 Å². The molecule has 3 heteroatoms. The van der Waals surface area contributed by atoms with E-state index < -0.39 is 0 Å². The molecule has 2 aromatic heterocycles. The van der Waals surface area contributed by atoms with Gasteiger partial charge in [0.15, 0.2) is 0 Å². The Bertz CT molecular complexity index is 3220. The summed E-state index contributed by atoms with van der Waals surface area (Å²) in [4.78, 5) is 2.49. The summed E-state index contributed by atoms with van der Waals surface area (Å²) in [5.41, 5.74) is 11.7. The molecule has 11 aromatic rings. The van der Waals surface area contributed by atoms with E-state index in [1.54, 1.807) is 0 Å². The Morgan fingerprint density at radius 3 is 1.96 bits per heavy atom. The molecule has 0 aliphatic heterocycles. The van der Waals surface area contributed by atoms with Gasteiger partial charge < -0.3 is 9.47 Å². The van der Waals surface area contributed by atoms with E-state index in [0.717, 1.165) is 28.3 Å². The first-order valence-electron chi connectivity index (χ1n) is 18.8.